The van der Waals surface area contributed by atoms with Gasteiger partial charge in [0.05, 0.1) is 0 Å². The summed E-state index contributed by atoms with van der Waals surface area (Å²) in [5.74, 6) is -0.819. The summed E-state index contributed by atoms with van der Waals surface area (Å²) >= 11 is 6.23. The molecule has 0 unspecified atom stereocenters. The number of carbonyl (C=O) groups is 3. The number of imide groups is 1. The average molecular weight is 414 g/mol. The summed E-state index contributed by atoms with van der Waals surface area (Å²) in [4.78, 5) is 40.7. The fraction of sp³-hybridized carbons (Fsp3) is 0.318. The van der Waals surface area contributed by atoms with E-state index in [0.29, 0.717) is 17.1 Å². The highest BCUT2D eigenvalue weighted by molar-refractivity contribution is 6.32. The van der Waals surface area contributed by atoms with E-state index in [2.05, 4.69) is 11.4 Å². The molecule has 0 aliphatic carbocycles. The van der Waals surface area contributed by atoms with Crippen LogP contribution in [0.15, 0.2) is 42.5 Å². The van der Waals surface area contributed by atoms with Crippen molar-refractivity contribution in [2.45, 2.75) is 32.9 Å². The average Bonchev–Trinajstić information content (AvgIpc) is 2.88. The lowest BCUT2D eigenvalue weighted by Gasteiger charge is -2.24. The minimum absolute atomic E-state index is 0.322. The Morgan fingerprint density at radius 2 is 1.86 bits per heavy atom. The van der Waals surface area contributed by atoms with E-state index in [1.54, 1.807) is 38.2 Å². The monoisotopic (exact) mass is 413 g/mol. The molecule has 29 heavy (non-hydrogen) atoms. The fourth-order valence-electron chi connectivity index (χ4n) is 3.51. The standard InChI is InChI=1S/C22H24ClN3O3/c1-14-9-10-16(15(2)11-14)12-25(4)19(27)13-26-20(28)22(3,24-21(26)29)17-7-5-6-8-18(17)23/h5-11H,12-13H2,1-4H3,(H,24,29)/t22-/m1/s1. The Morgan fingerprint density at radius 1 is 1.17 bits per heavy atom. The quantitative estimate of drug-likeness (QED) is 0.764. The normalized spacial score (nSPS) is 18.7. The van der Waals surface area contributed by atoms with Crippen molar-refractivity contribution >= 4 is 29.4 Å². The molecule has 0 spiro atoms. The van der Waals surface area contributed by atoms with Gasteiger partial charge in [0.25, 0.3) is 5.91 Å². The number of rotatable bonds is 5. The molecule has 7 heteroatoms. The van der Waals surface area contributed by atoms with Crippen molar-refractivity contribution in [2.75, 3.05) is 13.6 Å². The molecular formula is C22H24ClN3O3. The van der Waals surface area contributed by atoms with E-state index in [0.717, 1.165) is 21.6 Å². The third-order valence-electron chi connectivity index (χ3n) is 5.31. The lowest BCUT2D eigenvalue weighted by atomic mass is 9.92. The SMILES string of the molecule is Cc1ccc(CN(C)C(=O)CN2C(=O)N[C@](C)(c3ccccc3Cl)C2=O)c(C)c1. The zero-order valence-corrected chi connectivity index (χ0v) is 17.7. The predicted octanol–water partition coefficient (Wildman–Crippen LogP) is 3.38. The molecule has 1 aliphatic heterocycles. The van der Waals surface area contributed by atoms with Gasteiger partial charge in [-0.25, -0.2) is 4.79 Å². The number of nitrogens with one attached hydrogen (secondary N) is 1. The number of halogens is 1. The molecule has 0 bridgehead atoms. The molecule has 1 aliphatic rings. The molecule has 1 heterocycles. The number of amides is 4. The first-order valence-corrected chi connectivity index (χ1v) is 9.70. The Balaban J connectivity index is 1.74. The number of likely N-dealkylation sites (N-methyl/N-ethyl adjacent to an activating group) is 1. The summed E-state index contributed by atoms with van der Waals surface area (Å²) in [7, 11) is 1.66. The summed E-state index contributed by atoms with van der Waals surface area (Å²) < 4.78 is 0. The van der Waals surface area contributed by atoms with Crippen LogP contribution in [0.4, 0.5) is 4.79 Å². The van der Waals surface area contributed by atoms with Crippen molar-refractivity contribution in [3.05, 3.63) is 69.7 Å². The highest BCUT2D eigenvalue weighted by atomic mass is 35.5. The molecule has 1 saturated heterocycles. The van der Waals surface area contributed by atoms with Gasteiger partial charge in [0.1, 0.15) is 12.1 Å². The number of aryl methyl sites for hydroxylation is 2. The Morgan fingerprint density at radius 3 is 2.52 bits per heavy atom. The Kier molecular flexibility index (Phi) is 5.66. The Bertz CT molecular complexity index is 991. The number of carbonyl (C=O) groups excluding carboxylic acids is 3. The van der Waals surface area contributed by atoms with Crippen molar-refractivity contribution in [2.24, 2.45) is 0 Å². The second-order valence-electron chi connectivity index (χ2n) is 7.61. The molecule has 2 aromatic carbocycles. The van der Waals surface area contributed by atoms with Gasteiger partial charge in [-0.05, 0) is 38.0 Å². The maximum Gasteiger partial charge on any atom is 0.325 e. The zero-order valence-electron chi connectivity index (χ0n) is 17.0. The molecule has 1 fully saturated rings. The first kappa shape index (κ1) is 20.9. The molecule has 2 aromatic rings. The highest BCUT2D eigenvalue weighted by Gasteiger charge is 2.50. The number of benzene rings is 2. The second-order valence-corrected chi connectivity index (χ2v) is 8.01. The van der Waals surface area contributed by atoms with Crippen molar-refractivity contribution in [1.82, 2.24) is 15.1 Å². The maximum atomic E-state index is 13.0. The van der Waals surface area contributed by atoms with Crippen molar-refractivity contribution in [3.8, 4) is 0 Å². The smallest absolute Gasteiger partial charge is 0.325 e. The van der Waals surface area contributed by atoms with Crippen molar-refractivity contribution in [1.29, 1.82) is 0 Å². The molecule has 4 amide bonds. The molecule has 0 saturated carbocycles. The first-order valence-electron chi connectivity index (χ1n) is 9.32. The van der Waals surface area contributed by atoms with Crippen molar-refractivity contribution < 1.29 is 14.4 Å². The predicted molar refractivity (Wildman–Crippen MR) is 111 cm³/mol. The summed E-state index contributed by atoms with van der Waals surface area (Å²) in [5, 5.41) is 3.06. The van der Waals surface area contributed by atoms with Crippen LogP contribution in [0.1, 0.15) is 29.2 Å². The van der Waals surface area contributed by atoms with Crippen LogP contribution in [0.2, 0.25) is 5.02 Å². The van der Waals surface area contributed by atoms with Gasteiger partial charge in [-0.3, -0.25) is 14.5 Å². The lowest BCUT2D eigenvalue weighted by molar-refractivity contribution is -0.138. The first-order chi connectivity index (χ1) is 13.6. The van der Waals surface area contributed by atoms with Gasteiger partial charge < -0.3 is 10.2 Å². The number of urea groups is 1. The van der Waals surface area contributed by atoms with E-state index < -0.39 is 17.5 Å². The Labute approximate surface area is 175 Å². The van der Waals surface area contributed by atoms with Gasteiger partial charge in [-0.15, -0.1) is 0 Å². The van der Waals surface area contributed by atoms with E-state index in [9.17, 15) is 14.4 Å². The van der Waals surface area contributed by atoms with E-state index >= 15 is 0 Å². The van der Waals surface area contributed by atoms with Crippen LogP contribution in [0.25, 0.3) is 0 Å². The highest BCUT2D eigenvalue weighted by Crippen LogP contribution is 2.33. The Hall–Kier alpha value is -2.86. The summed E-state index contributed by atoms with van der Waals surface area (Å²) in [5.41, 5.74) is 2.45. The molecular weight excluding hydrogens is 390 g/mol. The van der Waals surface area contributed by atoms with E-state index in [1.165, 1.54) is 4.90 Å². The van der Waals surface area contributed by atoms with Gasteiger partial charge >= 0.3 is 6.03 Å². The van der Waals surface area contributed by atoms with Gasteiger partial charge in [0, 0.05) is 24.2 Å². The second kappa shape index (κ2) is 7.87. The fourth-order valence-corrected chi connectivity index (χ4v) is 3.84. The largest absolute Gasteiger partial charge is 0.340 e. The van der Waals surface area contributed by atoms with Gasteiger partial charge in [0.15, 0.2) is 0 Å². The topological polar surface area (TPSA) is 69.7 Å². The maximum absolute atomic E-state index is 13.0. The third kappa shape index (κ3) is 3.98. The molecule has 152 valence electrons. The van der Waals surface area contributed by atoms with Crippen LogP contribution in [0, 0.1) is 13.8 Å². The van der Waals surface area contributed by atoms with E-state index in [-0.39, 0.29) is 12.5 Å². The lowest BCUT2D eigenvalue weighted by Crippen LogP contribution is -2.43. The van der Waals surface area contributed by atoms with Crippen LogP contribution < -0.4 is 5.32 Å². The molecule has 3 rings (SSSR count). The van der Waals surface area contributed by atoms with Gasteiger partial charge in [-0.2, -0.15) is 0 Å². The molecule has 0 radical (unpaired) electrons. The summed E-state index contributed by atoms with van der Waals surface area (Å²) in [6.07, 6.45) is 0. The number of hydrogen-bond acceptors (Lipinski definition) is 3. The molecule has 1 atom stereocenters. The van der Waals surface area contributed by atoms with Crippen LogP contribution in [0.3, 0.4) is 0 Å². The van der Waals surface area contributed by atoms with Crippen LogP contribution in [0.5, 0.6) is 0 Å². The number of hydrogen-bond donors (Lipinski definition) is 1. The summed E-state index contributed by atoms with van der Waals surface area (Å²) in [6.45, 7) is 5.67. The van der Waals surface area contributed by atoms with Crippen molar-refractivity contribution in [3.63, 3.8) is 0 Å². The van der Waals surface area contributed by atoms with E-state index in [1.807, 2.05) is 26.0 Å². The van der Waals surface area contributed by atoms with Crippen LogP contribution >= 0.6 is 11.6 Å². The number of nitrogens with zero attached hydrogens (tertiary/aromatic N) is 2. The minimum Gasteiger partial charge on any atom is -0.340 e. The van der Waals surface area contributed by atoms with E-state index in [4.69, 9.17) is 11.6 Å². The van der Waals surface area contributed by atoms with Crippen LogP contribution in [-0.4, -0.2) is 41.2 Å². The molecule has 0 aromatic heterocycles. The summed E-state index contributed by atoms with van der Waals surface area (Å²) in [6, 6.07) is 12.3. The third-order valence-corrected chi connectivity index (χ3v) is 5.64. The molecule has 1 N–H and O–H groups in total. The zero-order chi connectivity index (χ0) is 21.3. The van der Waals surface area contributed by atoms with Gasteiger partial charge in [-0.1, -0.05) is 53.6 Å². The van der Waals surface area contributed by atoms with Crippen LogP contribution in [-0.2, 0) is 21.7 Å². The minimum atomic E-state index is -1.30. The molecule has 6 nitrogen and oxygen atoms in total. The van der Waals surface area contributed by atoms with Gasteiger partial charge in [0.2, 0.25) is 5.91 Å².